The highest BCUT2D eigenvalue weighted by molar-refractivity contribution is 4.85. The van der Waals surface area contributed by atoms with Gasteiger partial charge in [-0.25, -0.2) is 0 Å². The van der Waals surface area contributed by atoms with Gasteiger partial charge in [0.2, 0.25) is 0 Å². The maximum absolute atomic E-state index is 6.13. The Kier molecular flexibility index (Phi) is 3.45. The van der Waals surface area contributed by atoms with Crippen molar-refractivity contribution in [2.24, 2.45) is 11.7 Å². The molecule has 0 aromatic heterocycles. The van der Waals surface area contributed by atoms with E-state index in [1.807, 2.05) is 0 Å². The standard InChI is InChI=1S/C12H24N2/c1-10-7-8-14(9-12(10)13)11-5-3-2-4-6-11/h10-12H,2-9,13H2,1H3. The van der Waals surface area contributed by atoms with E-state index in [0.717, 1.165) is 18.5 Å². The average Bonchev–Trinajstić information content (AvgIpc) is 2.23. The van der Waals surface area contributed by atoms with Gasteiger partial charge in [0.15, 0.2) is 0 Å². The Morgan fingerprint density at radius 1 is 1.07 bits per heavy atom. The average molecular weight is 196 g/mol. The van der Waals surface area contributed by atoms with Gasteiger partial charge in [-0.05, 0) is 31.7 Å². The SMILES string of the molecule is CC1CCN(C2CCCCC2)CC1N. The number of likely N-dealkylation sites (tertiary alicyclic amines) is 1. The van der Waals surface area contributed by atoms with E-state index in [1.165, 1.54) is 45.1 Å². The highest BCUT2D eigenvalue weighted by atomic mass is 15.2. The maximum Gasteiger partial charge on any atom is 0.0194 e. The van der Waals surface area contributed by atoms with Gasteiger partial charge in [-0.2, -0.15) is 0 Å². The summed E-state index contributed by atoms with van der Waals surface area (Å²) in [5, 5.41) is 0. The van der Waals surface area contributed by atoms with Crippen LogP contribution in [0.4, 0.5) is 0 Å². The number of hydrogen-bond acceptors (Lipinski definition) is 2. The van der Waals surface area contributed by atoms with E-state index in [0.29, 0.717) is 6.04 Å². The Morgan fingerprint density at radius 2 is 1.79 bits per heavy atom. The van der Waals surface area contributed by atoms with Gasteiger partial charge in [0.1, 0.15) is 0 Å². The molecule has 2 fully saturated rings. The van der Waals surface area contributed by atoms with Gasteiger partial charge in [-0.15, -0.1) is 0 Å². The first-order valence-corrected chi connectivity index (χ1v) is 6.27. The molecule has 0 aromatic rings. The highest BCUT2D eigenvalue weighted by Crippen LogP contribution is 2.26. The molecular formula is C12H24N2. The van der Waals surface area contributed by atoms with Crippen molar-refractivity contribution in [2.45, 2.75) is 57.5 Å². The second kappa shape index (κ2) is 4.63. The fourth-order valence-corrected chi connectivity index (χ4v) is 2.90. The van der Waals surface area contributed by atoms with E-state index in [-0.39, 0.29) is 0 Å². The minimum Gasteiger partial charge on any atom is -0.326 e. The summed E-state index contributed by atoms with van der Waals surface area (Å²) in [6, 6.07) is 1.29. The van der Waals surface area contributed by atoms with Gasteiger partial charge in [-0.3, -0.25) is 4.90 Å². The van der Waals surface area contributed by atoms with Crippen LogP contribution < -0.4 is 5.73 Å². The Balaban J connectivity index is 1.85. The van der Waals surface area contributed by atoms with Gasteiger partial charge < -0.3 is 5.73 Å². The molecule has 1 aliphatic heterocycles. The van der Waals surface area contributed by atoms with E-state index in [9.17, 15) is 0 Å². The second-order valence-electron chi connectivity index (χ2n) is 5.22. The third-order valence-electron chi connectivity index (χ3n) is 4.14. The van der Waals surface area contributed by atoms with E-state index >= 15 is 0 Å². The molecular weight excluding hydrogens is 172 g/mol. The van der Waals surface area contributed by atoms with E-state index in [1.54, 1.807) is 0 Å². The summed E-state index contributed by atoms with van der Waals surface area (Å²) in [5.74, 6) is 0.731. The van der Waals surface area contributed by atoms with Crippen molar-refractivity contribution in [2.75, 3.05) is 13.1 Å². The van der Waals surface area contributed by atoms with Crippen LogP contribution in [0.5, 0.6) is 0 Å². The van der Waals surface area contributed by atoms with Crippen molar-refractivity contribution in [1.29, 1.82) is 0 Å². The monoisotopic (exact) mass is 196 g/mol. The fraction of sp³-hybridized carbons (Fsp3) is 1.00. The van der Waals surface area contributed by atoms with Crippen molar-refractivity contribution in [1.82, 2.24) is 4.90 Å². The molecule has 1 aliphatic carbocycles. The second-order valence-corrected chi connectivity index (χ2v) is 5.22. The van der Waals surface area contributed by atoms with Crippen molar-refractivity contribution < 1.29 is 0 Å². The molecule has 1 saturated carbocycles. The smallest absolute Gasteiger partial charge is 0.0194 e. The van der Waals surface area contributed by atoms with E-state index in [4.69, 9.17) is 5.73 Å². The summed E-state index contributed by atoms with van der Waals surface area (Å²) < 4.78 is 0. The maximum atomic E-state index is 6.13. The molecule has 0 aromatic carbocycles. The third kappa shape index (κ3) is 2.29. The molecule has 82 valence electrons. The molecule has 0 bridgehead atoms. The topological polar surface area (TPSA) is 29.3 Å². The molecule has 14 heavy (non-hydrogen) atoms. The third-order valence-corrected chi connectivity index (χ3v) is 4.14. The lowest BCUT2D eigenvalue weighted by Crippen LogP contribution is -2.51. The van der Waals surface area contributed by atoms with Crippen LogP contribution >= 0.6 is 0 Å². The van der Waals surface area contributed by atoms with Crippen molar-refractivity contribution in [3.05, 3.63) is 0 Å². The van der Waals surface area contributed by atoms with Gasteiger partial charge in [0, 0.05) is 18.6 Å². The van der Waals surface area contributed by atoms with Crippen LogP contribution in [0, 0.1) is 5.92 Å². The lowest BCUT2D eigenvalue weighted by atomic mass is 9.89. The molecule has 2 heteroatoms. The van der Waals surface area contributed by atoms with E-state index < -0.39 is 0 Å². The first-order chi connectivity index (χ1) is 6.77. The lowest BCUT2D eigenvalue weighted by molar-refractivity contribution is 0.0971. The lowest BCUT2D eigenvalue weighted by Gasteiger charge is -2.41. The van der Waals surface area contributed by atoms with Crippen molar-refractivity contribution in [3.63, 3.8) is 0 Å². The normalized spacial score (nSPS) is 37.3. The number of nitrogens with two attached hydrogens (primary N) is 1. The van der Waals surface area contributed by atoms with Gasteiger partial charge >= 0.3 is 0 Å². The van der Waals surface area contributed by atoms with E-state index in [2.05, 4.69) is 11.8 Å². The van der Waals surface area contributed by atoms with Gasteiger partial charge in [0.05, 0.1) is 0 Å². The van der Waals surface area contributed by atoms with Gasteiger partial charge in [0.25, 0.3) is 0 Å². The van der Waals surface area contributed by atoms with Crippen LogP contribution in [-0.4, -0.2) is 30.1 Å². The molecule has 2 N–H and O–H groups in total. The number of piperidine rings is 1. The summed E-state index contributed by atoms with van der Waals surface area (Å²) in [6.45, 7) is 4.73. The quantitative estimate of drug-likeness (QED) is 0.695. The Morgan fingerprint density at radius 3 is 2.43 bits per heavy atom. The molecule has 2 unspecified atom stereocenters. The molecule has 1 heterocycles. The van der Waals surface area contributed by atoms with Crippen LogP contribution in [0.3, 0.4) is 0 Å². The Labute approximate surface area is 87.8 Å². The summed E-state index contributed by atoms with van der Waals surface area (Å²) in [4.78, 5) is 2.66. The minimum atomic E-state index is 0.422. The largest absolute Gasteiger partial charge is 0.326 e. The summed E-state index contributed by atoms with van der Waals surface area (Å²) >= 11 is 0. The van der Waals surface area contributed by atoms with Crippen LogP contribution in [0.15, 0.2) is 0 Å². The summed E-state index contributed by atoms with van der Waals surface area (Å²) in [7, 11) is 0. The Bertz CT molecular complexity index is 175. The van der Waals surface area contributed by atoms with Crippen molar-refractivity contribution >= 4 is 0 Å². The zero-order valence-electron chi connectivity index (χ0n) is 9.41. The summed E-state index contributed by atoms with van der Waals surface area (Å²) in [6.07, 6.45) is 8.46. The predicted molar refractivity (Wildman–Crippen MR) is 60.2 cm³/mol. The van der Waals surface area contributed by atoms with Crippen LogP contribution in [-0.2, 0) is 0 Å². The highest BCUT2D eigenvalue weighted by Gasteiger charge is 2.28. The Hall–Kier alpha value is -0.0800. The molecule has 0 spiro atoms. The van der Waals surface area contributed by atoms with Crippen LogP contribution in [0.25, 0.3) is 0 Å². The number of nitrogens with zero attached hydrogens (tertiary/aromatic N) is 1. The van der Waals surface area contributed by atoms with Crippen molar-refractivity contribution in [3.8, 4) is 0 Å². The summed E-state index contributed by atoms with van der Waals surface area (Å²) in [5.41, 5.74) is 6.13. The molecule has 2 aliphatic rings. The molecule has 2 nitrogen and oxygen atoms in total. The molecule has 2 atom stereocenters. The molecule has 2 rings (SSSR count). The van der Waals surface area contributed by atoms with Crippen LogP contribution in [0.1, 0.15) is 45.4 Å². The number of rotatable bonds is 1. The zero-order chi connectivity index (χ0) is 9.97. The minimum absolute atomic E-state index is 0.422. The van der Waals surface area contributed by atoms with Gasteiger partial charge in [-0.1, -0.05) is 26.2 Å². The zero-order valence-corrected chi connectivity index (χ0v) is 9.41. The first kappa shape index (κ1) is 10.4. The van der Waals surface area contributed by atoms with Crippen LogP contribution in [0.2, 0.25) is 0 Å². The molecule has 0 amide bonds. The molecule has 1 saturated heterocycles. The fourth-order valence-electron chi connectivity index (χ4n) is 2.90. The predicted octanol–water partition coefficient (Wildman–Crippen LogP) is 1.99. The molecule has 0 radical (unpaired) electrons. The number of hydrogen-bond donors (Lipinski definition) is 1. The first-order valence-electron chi connectivity index (χ1n) is 6.27.